The van der Waals surface area contributed by atoms with Crippen LogP contribution >= 0.6 is 0 Å². The lowest BCUT2D eigenvalue weighted by molar-refractivity contribution is -0.303. The van der Waals surface area contributed by atoms with E-state index in [-0.39, 0.29) is 17.0 Å². The Morgan fingerprint density at radius 3 is 2.59 bits per heavy atom. The first-order valence-electron chi connectivity index (χ1n) is 6.09. The summed E-state index contributed by atoms with van der Waals surface area (Å²) in [6.07, 6.45) is 4.34. The Bertz CT molecular complexity index is 667. The minimum Gasteiger partial charge on any atom is -0.406 e. The fraction of sp³-hybridized carbons (Fsp3) is 0.143. The second kappa shape index (κ2) is 6.02. The predicted molar refractivity (Wildman–Crippen MR) is 71.4 cm³/mol. The van der Waals surface area contributed by atoms with Crippen LogP contribution in [0.5, 0.6) is 0 Å². The first-order chi connectivity index (χ1) is 10.3. The van der Waals surface area contributed by atoms with Gasteiger partial charge in [-0.05, 0) is 30.4 Å². The highest BCUT2D eigenvalue weighted by Crippen LogP contribution is 2.27. The highest BCUT2D eigenvalue weighted by molar-refractivity contribution is 6.16. The van der Waals surface area contributed by atoms with E-state index in [0.29, 0.717) is 5.06 Å². The molecule has 116 valence electrons. The van der Waals surface area contributed by atoms with E-state index < -0.39 is 18.0 Å². The first-order valence-corrected chi connectivity index (χ1v) is 6.09. The van der Waals surface area contributed by atoms with Crippen molar-refractivity contribution in [3.63, 3.8) is 0 Å². The highest BCUT2D eigenvalue weighted by atomic mass is 19.4. The van der Waals surface area contributed by atoms with E-state index in [9.17, 15) is 23.2 Å². The van der Waals surface area contributed by atoms with Crippen molar-refractivity contribution in [1.29, 1.82) is 0 Å². The van der Waals surface area contributed by atoms with Gasteiger partial charge in [-0.25, -0.2) is 10.1 Å². The van der Waals surface area contributed by atoms with Gasteiger partial charge in [0.2, 0.25) is 5.91 Å². The zero-order valence-corrected chi connectivity index (χ0v) is 11.3. The lowest BCUT2D eigenvalue weighted by Crippen LogP contribution is -2.20. The van der Waals surface area contributed by atoms with E-state index in [4.69, 9.17) is 0 Å². The zero-order chi connectivity index (χ0) is 16.3. The molecular formula is C14H11F3N2O3. The topological polar surface area (TPSA) is 62.1 Å². The zero-order valence-electron chi connectivity index (χ0n) is 11.3. The molecule has 0 fully saturated rings. The molecule has 0 spiro atoms. The molecule has 0 unspecified atom stereocenters. The number of rotatable bonds is 1. The largest absolute Gasteiger partial charge is 0.573 e. The number of hydroxylamine groups is 2. The molecule has 2 rings (SSSR count). The van der Waals surface area contributed by atoms with Gasteiger partial charge in [-0.3, -0.25) is 10.0 Å². The van der Waals surface area contributed by atoms with Crippen molar-refractivity contribution in [1.82, 2.24) is 5.06 Å². The smallest absolute Gasteiger partial charge is 0.406 e. The van der Waals surface area contributed by atoms with Crippen LogP contribution in [0.1, 0.15) is 6.92 Å². The maximum atomic E-state index is 12.3. The summed E-state index contributed by atoms with van der Waals surface area (Å²) >= 11 is 0. The molecule has 0 saturated carbocycles. The number of nitrogens with zero attached hydrogens (tertiary/aromatic N) is 2. The molecule has 0 radical (unpaired) electrons. The molecule has 8 heteroatoms. The van der Waals surface area contributed by atoms with Crippen molar-refractivity contribution in [3.8, 4) is 0 Å². The van der Waals surface area contributed by atoms with Gasteiger partial charge in [-0.15, -0.1) is 13.2 Å². The van der Waals surface area contributed by atoms with Crippen LogP contribution in [0.15, 0.2) is 64.7 Å². The van der Waals surface area contributed by atoms with Crippen LogP contribution in [0.2, 0.25) is 0 Å². The Morgan fingerprint density at radius 1 is 1.27 bits per heavy atom. The Hall–Kier alpha value is -2.61. The minimum absolute atomic E-state index is 0.121. The number of hydrogen-bond donors (Lipinski definition) is 1. The molecule has 1 aliphatic heterocycles. The lowest BCUT2D eigenvalue weighted by atomic mass is 10.0. The average Bonchev–Trinajstić information content (AvgIpc) is 2.39. The van der Waals surface area contributed by atoms with Gasteiger partial charge in [-0.1, -0.05) is 6.08 Å². The number of carbonyl (C=O) groups is 1. The van der Waals surface area contributed by atoms with Gasteiger partial charge >= 0.3 is 6.36 Å². The van der Waals surface area contributed by atoms with Crippen LogP contribution in [0, 0.1) is 0 Å². The number of ether oxygens (including phenoxy) is 1. The Balaban J connectivity index is 2.49. The van der Waals surface area contributed by atoms with Crippen LogP contribution in [-0.4, -0.2) is 28.3 Å². The number of amides is 1. The van der Waals surface area contributed by atoms with Crippen molar-refractivity contribution < 1.29 is 27.9 Å². The summed E-state index contributed by atoms with van der Waals surface area (Å²) in [6.45, 7) is 1.21. The Labute approximate surface area is 123 Å². The molecule has 1 N–H and O–H groups in total. The third-order valence-corrected chi connectivity index (χ3v) is 2.59. The molecule has 0 aromatic carbocycles. The molecular weight excluding hydrogens is 301 g/mol. The summed E-state index contributed by atoms with van der Waals surface area (Å²) < 4.78 is 40.8. The molecule has 0 atom stereocenters. The molecule has 1 amide bonds. The molecule has 0 aromatic rings. The fourth-order valence-electron chi connectivity index (χ4n) is 1.83. The van der Waals surface area contributed by atoms with E-state index in [2.05, 4.69) is 9.73 Å². The van der Waals surface area contributed by atoms with Gasteiger partial charge in [0, 0.05) is 18.7 Å². The summed E-state index contributed by atoms with van der Waals surface area (Å²) in [5.41, 5.74) is 0.409. The Kier molecular flexibility index (Phi) is 4.32. The van der Waals surface area contributed by atoms with Crippen molar-refractivity contribution in [2.45, 2.75) is 13.3 Å². The maximum Gasteiger partial charge on any atom is 0.573 e. The summed E-state index contributed by atoms with van der Waals surface area (Å²) in [6, 6.07) is 0. The molecule has 2 aliphatic rings. The second-order valence-corrected chi connectivity index (χ2v) is 4.29. The summed E-state index contributed by atoms with van der Waals surface area (Å²) in [7, 11) is 0. The third-order valence-electron chi connectivity index (χ3n) is 2.59. The van der Waals surface area contributed by atoms with Gasteiger partial charge in [0.25, 0.3) is 0 Å². The standard InChI is InChI=1S/C14H11F3N2O3/c1-9(20)18-12-6-5-10(22-14(15,16)17)8-11(12)13-4-2-3-7-19(13)21/h2-8,21H,1H3/b13-11+,18-12?. The highest BCUT2D eigenvalue weighted by Gasteiger charge is 2.32. The maximum absolute atomic E-state index is 12.3. The molecule has 5 nitrogen and oxygen atoms in total. The Morgan fingerprint density at radius 2 is 2.00 bits per heavy atom. The van der Waals surface area contributed by atoms with Crippen LogP contribution in [-0.2, 0) is 9.53 Å². The molecule has 1 heterocycles. The molecule has 1 aliphatic carbocycles. The van der Waals surface area contributed by atoms with Crippen molar-refractivity contribution >= 4 is 11.6 Å². The number of halogens is 3. The summed E-state index contributed by atoms with van der Waals surface area (Å²) in [4.78, 5) is 14.9. The normalized spacial score (nSPS) is 23.0. The number of aliphatic imine (C=N–C) groups is 1. The van der Waals surface area contributed by atoms with Crippen molar-refractivity contribution in [3.05, 3.63) is 59.7 Å². The van der Waals surface area contributed by atoms with Gasteiger partial charge < -0.3 is 4.74 Å². The first kappa shape index (κ1) is 15.8. The molecule has 0 bridgehead atoms. The van der Waals surface area contributed by atoms with Crippen molar-refractivity contribution in [2.75, 3.05) is 0 Å². The number of hydrogen-bond acceptors (Lipinski definition) is 4. The van der Waals surface area contributed by atoms with Gasteiger partial charge in [-0.2, -0.15) is 0 Å². The molecule has 0 aromatic heterocycles. The fourth-order valence-corrected chi connectivity index (χ4v) is 1.83. The van der Waals surface area contributed by atoms with E-state index in [1.54, 1.807) is 6.08 Å². The van der Waals surface area contributed by atoms with Crippen LogP contribution < -0.4 is 0 Å². The van der Waals surface area contributed by atoms with Crippen LogP contribution in [0.25, 0.3) is 0 Å². The number of alkyl halides is 3. The van der Waals surface area contributed by atoms with E-state index >= 15 is 0 Å². The minimum atomic E-state index is -4.84. The summed E-state index contributed by atoms with van der Waals surface area (Å²) in [5.74, 6) is -1.000. The quantitative estimate of drug-likeness (QED) is 0.808. The van der Waals surface area contributed by atoms with Crippen molar-refractivity contribution in [2.24, 2.45) is 4.99 Å². The van der Waals surface area contributed by atoms with Gasteiger partial charge in [0.1, 0.15) is 5.76 Å². The average molecular weight is 312 g/mol. The monoisotopic (exact) mass is 312 g/mol. The van der Waals surface area contributed by atoms with E-state index in [1.165, 1.54) is 31.4 Å². The van der Waals surface area contributed by atoms with Crippen LogP contribution in [0.4, 0.5) is 13.2 Å². The predicted octanol–water partition coefficient (Wildman–Crippen LogP) is 2.99. The van der Waals surface area contributed by atoms with Gasteiger partial charge in [0.05, 0.1) is 11.4 Å². The number of allylic oxidation sites excluding steroid dienone is 7. The van der Waals surface area contributed by atoms with E-state index in [0.717, 1.165) is 12.2 Å². The number of carbonyl (C=O) groups excluding carboxylic acids is 1. The summed E-state index contributed by atoms with van der Waals surface area (Å²) in [5, 5.41) is 10.5. The molecule has 0 saturated heterocycles. The second-order valence-electron chi connectivity index (χ2n) is 4.29. The van der Waals surface area contributed by atoms with Crippen LogP contribution in [0.3, 0.4) is 0 Å². The molecule has 22 heavy (non-hydrogen) atoms. The lowest BCUT2D eigenvalue weighted by Gasteiger charge is -2.21. The van der Waals surface area contributed by atoms with E-state index in [1.807, 2.05) is 0 Å². The SMILES string of the molecule is CC(=O)N=C1C=CC(OC(F)(F)F)=C/C1=C1/C=CC=CN1O. The third kappa shape index (κ3) is 3.95. The van der Waals surface area contributed by atoms with Gasteiger partial charge in [0.15, 0.2) is 0 Å².